The first-order chi connectivity index (χ1) is 7.91. The standard InChI is InChI=1S/C12H18N2O3/c1-12(2)11(17)13-10(16)7-14(12)8-4-3-5-9(15)6-8/h8H,3-7H2,1-2H3,(H,13,16,17). The Morgan fingerprint density at radius 3 is 2.65 bits per heavy atom. The molecule has 2 amide bonds. The molecule has 1 heterocycles. The van der Waals surface area contributed by atoms with E-state index in [4.69, 9.17) is 0 Å². The highest BCUT2D eigenvalue weighted by Gasteiger charge is 2.44. The van der Waals surface area contributed by atoms with Crippen molar-refractivity contribution in [2.24, 2.45) is 0 Å². The zero-order chi connectivity index (χ0) is 12.6. The van der Waals surface area contributed by atoms with Crippen molar-refractivity contribution in [3.8, 4) is 0 Å². The number of hydrogen-bond donors (Lipinski definition) is 1. The van der Waals surface area contributed by atoms with E-state index < -0.39 is 5.54 Å². The van der Waals surface area contributed by atoms with Gasteiger partial charge in [-0.2, -0.15) is 0 Å². The van der Waals surface area contributed by atoms with Crippen LogP contribution in [0.5, 0.6) is 0 Å². The number of imide groups is 1. The van der Waals surface area contributed by atoms with E-state index in [1.54, 1.807) is 13.8 Å². The summed E-state index contributed by atoms with van der Waals surface area (Å²) in [4.78, 5) is 36.6. The molecule has 1 N–H and O–H groups in total. The van der Waals surface area contributed by atoms with Gasteiger partial charge in [0.25, 0.3) is 0 Å². The first kappa shape index (κ1) is 12.2. The summed E-state index contributed by atoms with van der Waals surface area (Å²) in [5, 5.41) is 2.35. The third-order valence-electron chi connectivity index (χ3n) is 3.74. The topological polar surface area (TPSA) is 66.5 Å². The van der Waals surface area contributed by atoms with Crippen LogP contribution in [0.1, 0.15) is 39.5 Å². The summed E-state index contributed by atoms with van der Waals surface area (Å²) in [7, 11) is 0. The summed E-state index contributed by atoms with van der Waals surface area (Å²) in [5.41, 5.74) is -0.712. The zero-order valence-electron chi connectivity index (χ0n) is 10.3. The number of carbonyl (C=O) groups is 3. The minimum atomic E-state index is -0.712. The highest BCUT2D eigenvalue weighted by molar-refractivity contribution is 6.03. The molecule has 17 heavy (non-hydrogen) atoms. The van der Waals surface area contributed by atoms with E-state index in [0.29, 0.717) is 12.8 Å². The Kier molecular flexibility index (Phi) is 3.03. The van der Waals surface area contributed by atoms with Crippen molar-refractivity contribution in [1.82, 2.24) is 10.2 Å². The lowest BCUT2D eigenvalue weighted by molar-refractivity contribution is -0.149. The molecule has 0 aromatic rings. The summed E-state index contributed by atoms with van der Waals surface area (Å²) in [6.45, 7) is 3.80. The van der Waals surface area contributed by atoms with E-state index in [2.05, 4.69) is 5.32 Å². The van der Waals surface area contributed by atoms with Crippen molar-refractivity contribution in [2.75, 3.05) is 6.54 Å². The molecule has 0 bridgehead atoms. The van der Waals surface area contributed by atoms with Crippen LogP contribution in [0.2, 0.25) is 0 Å². The van der Waals surface area contributed by atoms with E-state index in [9.17, 15) is 14.4 Å². The molecule has 0 aromatic carbocycles. The predicted octanol–water partition coefficient (Wildman–Crippen LogP) is 0.235. The largest absolute Gasteiger partial charge is 0.300 e. The van der Waals surface area contributed by atoms with Crippen LogP contribution in [0.3, 0.4) is 0 Å². The minimum Gasteiger partial charge on any atom is -0.300 e. The van der Waals surface area contributed by atoms with Crippen LogP contribution in [-0.2, 0) is 14.4 Å². The lowest BCUT2D eigenvalue weighted by Crippen LogP contribution is -2.66. The Morgan fingerprint density at radius 2 is 2.00 bits per heavy atom. The lowest BCUT2D eigenvalue weighted by atomic mass is 9.88. The Hall–Kier alpha value is -1.23. The predicted molar refractivity (Wildman–Crippen MR) is 61.2 cm³/mol. The quantitative estimate of drug-likeness (QED) is 0.664. The number of nitrogens with zero attached hydrogens (tertiary/aromatic N) is 1. The number of nitrogens with one attached hydrogen (secondary N) is 1. The second kappa shape index (κ2) is 4.22. The Morgan fingerprint density at radius 1 is 1.29 bits per heavy atom. The van der Waals surface area contributed by atoms with Gasteiger partial charge in [0, 0.05) is 18.9 Å². The summed E-state index contributed by atoms with van der Waals surface area (Å²) in [5.74, 6) is -0.311. The first-order valence-corrected chi connectivity index (χ1v) is 6.04. The molecule has 2 fully saturated rings. The second-order valence-corrected chi connectivity index (χ2v) is 5.35. The second-order valence-electron chi connectivity index (χ2n) is 5.35. The number of ketones is 1. The number of amides is 2. The van der Waals surface area contributed by atoms with Gasteiger partial charge in [0.05, 0.1) is 12.1 Å². The van der Waals surface area contributed by atoms with Gasteiger partial charge in [0.2, 0.25) is 11.8 Å². The van der Waals surface area contributed by atoms with E-state index in [1.165, 1.54) is 0 Å². The van der Waals surface area contributed by atoms with Crippen molar-refractivity contribution in [1.29, 1.82) is 0 Å². The molecule has 1 atom stereocenters. The number of carbonyl (C=O) groups excluding carboxylic acids is 3. The molecule has 0 aromatic heterocycles. The van der Waals surface area contributed by atoms with Crippen LogP contribution >= 0.6 is 0 Å². The van der Waals surface area contributed by atoms with Crippen LogP contribution in [0.15, 0.2) is 0 Å². The number of piperazine rings is 1. The monoisotopic (exact) mass is 238 g/mol. The fourth-order valence-corrected chi connectivity index (χ4v) is 2.66. The van der Waals surface area contributed by atoms with E-state index in [1.807, 2.05) is 4.90 Å². The molecule has 94 valence electrons. The number of rotatable bonds is 1. The summed E-state index contributed by atoms with van der Waals surface area (Å²) < 4.78 is 0. The molecule has 2 aliphatic rings. The number of Topliss-reactive ketones (excluding diaryl/α,β-unsaturated/α-hetero) is 1. The van der Waals surface area contributed by atoms with Gasteiger partial charge in [-0.25, -0.2) is 0 Å². The molecule has 1 unspecified atom stereocenters. The lowest BCUT2D eigenvalue weighted by Gasteiger charge is -2.45. The zero-order valence-corrected chi connectivity index (χ0v) is 10.3. The van der Waals surface area contributed by atoms with E-state index >= 15 is 0 Å². The van der Waals surface area contributed by atoms with Gasteiger partial charge in [0.1, 0.15) is 5.78 Å². The van der Waals surface area contributed by atoms with Gasteiger partial charge in [-0.05, 0) is 26.7 Å². The van der Waals surface area contributed by atoms with Crippen molar-refractivity contribution in [2.45, 2.75) is 51.1 Å². The Labute approximate surface area is 101 Å². The average molecular weight is 238 g/mol. The molecular formula is C12H18N2O3. The van der Waals surface area contributed by atoms with E-state index in [-0.39, 0.29) is 30.2 Å². The molecule has 0 spiro atoms. The molecular weight excluding hydrogens is 220 g/mol. The normalized spacial score (nSPS) is 30.2. The molecule has 2 rings (SSSR count). The average Bonchev–Trinajstić information content (AvgIpc) is 2.24. The summed E-state index contributed by atoms with van der Waals surface area (Å²) in [6, 6.07) is 0.0289. The summed E-state index contributed by atoms with van der Waals surface area (Å²) >= 11 is 0. The SMILES string of the molecule is CC1(C)C(=O)NC(=O)CN1C1CCCC(=O)C1. The van der Waals surface area contributed by atoms with Gasteiger partial charge in [-0.1, -0.05) is 0 Å². The Bertz CT molecular complexity index is 376. The van der Waals surface area contributed by atoms with Gasteiger partial charge in [0.15, 0.2) is 0 Å². The molecule has 1 saturated carbocycles. The Balaban J connectivity index is 2.19. The highest BCUT2D eigenvalue weighted by Crippen LogP contribution is 2.28. The molecule has 5 nitrogen and oxygen atoms in total. The molecule has 1 saturated heterocycles. The van der Waals surface area contributed by atoms with Gasteiger partial charge < -0.3 is 0 Å². The highest BCUT2D eigenvalue weighted by atomic mass is 16.2. The molecule has 1 aliphatic heterocycles. The third kappa shape index (κ3) is 2.24. The fraction of sp³-hybridized carbons (Fsp3) is 0.750. The van der Waals surface area contributed by atoms with Crippen molar-refractivity contribution in [3.63, 3.8) is 0 Å². The molecule has 1 aliphatic carbocycles. The van der Waals surface area contributed by atoms with Gasteiger partial charge >= 0.3 is 0 Å². The smallest absolute Gasteiger partial charge is 0.246 e. The van der Waals surface area contributed by atoms with Crippen molar-refractivity contribution in [3.05, 3.63) is 0 Å². The van der Waals surface area contributed by atoms with Crippen LogP contribution in [0.4, 0.5) is 0 Å². The van der Waals surface area contributed by atoms with Crippen molar-refractivity contribution < 1.29 is 14.4 Å². The van der Waals surface area contributed by atoms with Crippen molar-refractivity contribution >= 4 is 17.6 Å². The van der Waals surface area contributed by atoms with Gasteiger partial charge in [-0.15, -0.1) is 0 Å². The molecule has 5 heteroatoms. The fourth-order valence-electron chi connectivity index (χ4n) is 2.66. The van der Waals surface area contributed by atoms with E-state index in [0.717, 1.165) is 12.8 Å². The summed E-state index contributed by atoms with van der Waals surface area (Å²) in [6.07, 6.45) is 2.83. The van der Waals surface area contributed by atoms with Crippen LogP contribution in [0, 0.1) is 0 Å². The van der Waals surface area contributed by atoms with Crippen LogP contribution < -0.4 is 5.32 Å². The van der Waals surface area contributed by atoms with Crippen LogP contribution in [0.25, 0.3) is 0 Å². The maximum atomic E-state index is 11.8. The van der Waals surface area contributed by atoms with Crippen LogP contribution in [-0.4, -0.2) is 40.6 Å². The maximum Gasteiger partial charge on any atom is 0.246 e. The van der Waals surface area contributed by atoms with Gasteiger partial charge in [-0.3, -0.25) is 24.6 Å². The number of hydrogen-bond acceptors (Lipinski definition) is 4. The minimum absolute atomic E-state index is 0.0289. The maximum absolute atomic E-state index is 11.8. The first-order valence-electron chi connectivity index (χ1n) is 6.04. The third-order valence-corrected chi connectivity index (χ3v) is 3.74. The molecule has 0 radical (unpaired) electrons.